The first kappa shape index (κ1) is 24.3. The molecule has 0 aliphatic carbocycles. The first-order valence-corrected chi connectivity index (χ1v) is 11.4. The molecular formula is C21H27N7O4S. The lowest BCUT2D eigenvalue weighted by Crippen LogP contribution is -2.43. The maximum atomic E-state index is 13.1. The van der Waals surface area contributed by atoms with Crippen molar-refractivity contribution in [2.45, 2.75) is 31.5 Å². The second-order valence-corrected chi connectivity index (χ2v) is 8.15. The second-order valence-electron chi connectivity index (χ2n) is 7.21. The monoisotopic (exact) mass is 473 g/mol. The molecule has 0 radical (unpaired) electrons. The summed E-state index contributed by atoms with van der Waals surface area (Å²) in [6.07, 6.45) is 1.68. The Morgan fingerprint density at radius 2 is 2.03 bits per heavy atom. The first-order valence-electron chi connectivity index (χ1n) is 10.4. The normalized spacial score (nSPS) is 11.0. The van der Waals surface area contributed by atoms with Crippen LogP contribution in [0.15, 0.2) is 45.1 Å². The molecule has 0 aliphatic heterocycles. The summed E-state index contributed by atoms with van der Waals surface area (Å²) in [7, 11) is 1.49. The van der Waals surface area contributed by atoms with Crippen molar-refractivity contribution in [2.75, 3.05) is 36.6 Å². The van der Waals surface area contributed by atoms with Crippen LogP contribution < -0.4 is 21.9 Å². The molecule has 3 aromatic rings. The van der Waals surface area contributed by atoms with E-state index in [1.807, 2.05) is 37.3 Å². The van der Waals surface area contributed by atoms with Crippen molar-refractivity contribution >= 4 is 29.2 Å². The molecule has 4 N–H and O–H groups in total. The van der Waals surface area contributed by atoms with Gasteiger partial charge in [-0.15, -0.1) is 5.10 Å². The van der Waals surface area contributed by atoms with Gasteiger partial charge in [0.05, 0.1) is 18.9 Å². The van der Waals surface area contributed by atoms with Gasteiger partial charge in [0, 0.05) is 20.1 Å². The molecule has 0 bridgehead atoms. The van der Waals surface area contributed by atoms with E-state index < -0.39 is 11.2 Å². The first-order chi connectivity index (χ1) is 15.9. The molecule has 33 heavy (non-hydrogen) atoms. The van der Waals surface area contributed by atoms with Gasteiger partial charge in [0.2, 0.25) is 11.1 Å². The van der Waals surface area contributed by atoms with E-state index in [0.29, 0.717) is 5.16 Å². The van der Waals surface area contributed by atoms with E-state index in [1.54, 1.807) is 0 Å². The minimum absolute atomic E-state index is 0.0240. The van der Waals surface area contributed by atoms with Gasteiger partial charge >= 0.3 is 5.69 Å². The summed E-state index contributed by atoms with van der Waals surface area (Å²) in [5.74, 6) is 0.243. The number of aromatic nitrogens is 5. The Labute approximate surface area is 194 Å². The zero-order valence-electron chi connectivity index (χ0n) is 18.5. The van der Waals surface area contributed by atoms with Gasteiger partial charge in [-0.3, -0.25) is 24.2 Å². The molecule has 176 valence electrons. The van der Waals surface area contributed by atoms with Crippen molar-refractivity contribution in [3.05, 3.63) is 62.6 Å². The van der Waals surface area contributed by atoms with Crippen LogP contribution in [0.25, 0.3) is 0 Å². The molecule has 11 nitrogen and oxygen atoms in total. The minimum Gasteiger partial charge on any atom is -0.383 e. The van der Waals surface area contributed by atoms with Crippen molar-refractivity contribution in [3.63, 3.8) is 0 Å². The van der Waals surface area contributed by atoms with Crippen LogP contribution in [0.5, 0.6) is 0 Å². The van der Waals surface area contributed by atoms with Gasteiger partial charge in [0.1, 0.15) is 11.6 Å². The molecular weight excluding hydrogens is 446 g/mol. The van der Waals surface area contributed by atoms with Crippen LogP contribution in [0.4, 0.5) is 11.5 Å². The Morgan fingerprint density at radius 3 is 2.73 bits per heavy atom. The number of aryl methyl sites for hydroxylation is 1. The number of benzene rings is 1. The number of aromatic amines is 2. The van der Waals surface area contributed by atoms with Crippen LogP contribution in [0.3, 0.4) is 0 Å². The third kappa shape index (κ3) is 6.11. The zero-order valence-corrected chi connectivity index (χ0v) is 19.4. The molecule has 12 heteroatoms. The Balaban J connectivity index is 1.88. The molecule has 1 aromatic carbocycles. The van der Waals surface area contributed by atoms with Gasteiger partial charge in [-0.25, -0.2) is 9.78 Å². The summed E-state index contributed by atoms with van der Waals surface area (Å²) in [5, 5.41) is 7.38. The smallest absolute Gasteiger partial charge is 0.330 e. The Bertz CT molecular complexity index is 1190. The highest BCUT2D eigenvalue weighted by Crippen LogP contribution is 2.20. The van der Waals surface area contributed by atoms with Gasteiger partial charge in [-0.05, 0) is 12.0 Å². The second kappa shape index (κ2) is 11.5. The number of nitrogens with one attached hydrogen (secondary N) is 2. The summed E-state index contributed by atoms with van der Waals surface area (Å²) in [4.78, 5) is 46.1. The largest absolute Gasteiger partial charge is 0.383 e. The van der Waals surface area contributed by atoms with E-state index >= 15 is 0 Å². The number of hydrogen-bond donors (Lipinski definition) is 3. The molecule has 0 unspecified atom stereocenters. The molecule has 0 fully saturated rings. The predicted octanol–water partition coefficient (Wildman–Crippen LogP) is 1.01. The highest BCUT2D eigenvalue weighted by Gasteiger charge is 2.24. The molecule has 0 atom stereocenters. The number of rotatable bonds is 11. The molecule has 0 aliphatic rings. The number of nitrogens with two attached hydrogens (primary N) is 1. The highest BCUT2D eigenvalue weighted by molar-refractivity contribution is 7.99. The van der Waals surface area contributed by atoms with Gasteiger partial charge in [0.15, 0.2) is 5.69 Å². The summed E-state index contributed by atoms with van der Waals surface area (Å²) in [6, 6.07) is 9.21. The van der Waals surface area contributed by atoms with Crippen LogP contribution in [0.1, 0.15) is 24.7 Å². The molecule has 0 spiro atoms. The highest BCUT2D eigenvalue weighted by atomic mass is 32.2. The number of nitrogens with zero attached hydrogens (tertiary/aromatic N) is 4. The topological polar surface area (TPSA) is 152 Å². The molecule has 0 saturated carbocycles. The van der Waals surface area contributed by atoms with Crippen LogP contribution in [0.2, 0.25) is 0 Å². The van der Waals surface area contributed by atoms with Gasteiger partial charge in [-0.1, -0.05) is 49.0 Å². The lowest BCUT2D eigenvalue weighted by atomic mass is 10.2. The van der Waals surface area contributed by atoms with E-state index in [-0.39, 0.29) is 42.9 Å². The minimum atomic E-state index is -0.737. The summed E-state index contributed by atoms with van der Waals surface area (Å²) >= 11 is 1.15. The number of carbonyl (C=O) groups is 1. The Kier molecular flexibility index (Phi) is 8.44. The number of thioether (sulfide) groups is 1. The van der Waals surface area contributed by atoms with E-state index in [9.17, 15) is 14.4 Å². The van der Waals surface area contributed by atoms with E-state index in [2.05, 4.69) is 20.2 Å². The van der Waals surface area contributed by atoms with Crippen molar-refractivity contribution in [2.24, 2.45) is 0 Å². The van der Waals surface area contributed by atoms with Crippen molar-refractivity contribution in [1.82, 2.24) is 24.7 Å². The number of hydrogen-bond acceptors (Lipinski definition) is 8. The lowest BCUT2D eigenvalue weighted by Gasteiger charge is -2.24. The van der Waals surface area contributed by atoms with E-state index in [4.69, 9.17) is 10.5 Å². The van der Waals surface area contributed by atoms with E-state index in [1.165, 1.54) is 16.6 Å². The maximum absolute atomic E-state index is 13.1. The lowest BCUT2D eigenvalue weighted by molar-refractivity contribution is -0.116. The number of methoxy groups -OCH3 is 1. The fourth-order valence-corrected chi connectivity index (χ4v) is 3.89. The Morgan fingerprint density at radius 1 is 1.27 bits per heavy atom. The number of anilines is 2. The van der Waals surface area contributed by atoms with Crippen LogP contribution >= 0.6 is 11.8 Å². The molecule has 0 saturated heterocycles. The summed E-state index contributed by atoms with van der Waals surface area (Å²) < 4.78 is 6.35. The van der Waals surface area contributed by atoms with Crippen molar-refractivity contribution in [1.29, 1.82) is 0 Å². The van der Waals surface area contributed by atoms with Gasteiger partial charge in [-0.2, -0.15) is 0 Å². The van der Waals surface area contributed by atoms with Crippen molar-refractivity contribution < 1.29 is 9.53 Å². The average molecular weight is 474 g/mol. The number of ether oxygens (including phenoxy) is 1. The number of amides is 1. The van der Waals surface area contributed by atoms with Gasteiger partial charge < -0.3 is 15.4 Å². The van der Waals surface area contributed by atoms with E-state index in [0.717, 1.165) is 36.0 Å². The summed E-state index contributed by atoms with van der Waals surface area (Å²) in [6.45, 7) is 2.44. The number of carbonyl (C=O) groups excluding carboxylic acids is 1. The van der Waals surface area contributed by atoms with Gasteiger partial charge in [0.25, 0.3) is 5.56 Å². The van der Waals surface area contributed by atoms with Crippen LogP contribution in [-0.4, -0.2) is 56.7 Å². The standard InChI is InChI=1S/C21H27N7O4S/c1-3-7-15-23-20(26-25-15)33-13-16(29)27(10-11-32-2)17-18(22)28(21(31)24-19(17)30)12-14-8-5-4-6-9-14/h4-6,8-9H,3,7,10-13,22H2,1-2H3,(H,23,25,26)(H,24,30,31). The third-order valence-corrected chi connectivity index (χ3v) is 5.64. The zero-order chi connectivity index (χ0) is 23.8. The quantitative estimate of drug-likeness (QED) is 0.349. The molecule has 3 rings (SSSR count). The number of H-pyrrole nitrogens is 2. The maximum Gasteiger partial charge on any atom is 0.330 e. The van der Waals surface area contributed by atoms with Crippen molar-refractivity contribution in [3.8, 4) is 0 Å². The predicted molar refractivity (Wildman–Crippen MR) is 127 cm³/mol. The Hall–Kier alpha value is -3.38. The number of nitrogen functional groups attached to an aromatic ring is 1. The summed E-state index contributed by atoms with van der Waals surface area (Å²) in [5.41, 5.74) is 5.61. The molecule has 2 heterocycles. The SMILES string of the molecule is CCCc1nc(SCC(=O)N(CCOC)c2c(N)n(Cc3ccccc3)c(=O)[nH]c2=O)n[nH]1. The molecule has 1 amide bonds. The fourth-order valence-electron chi connectivity index (χ4n) is 3.20. The van der Waals surface area contributed by atoms with Crippen LogP contribution in [0, 0.1) is 0 Å². The van der Waals surface area contributed by atoms with Crippen LogP contribution in [-0.2, 0) is 22.5 Å². The molecule has 2 aromatic heterocycles. The fraction of sp³-hybridized carbons (Fsp3) is 0.381. The third-order valence-electron chi connectivity index (χ3n) is 4.81. The average Bonchev–Trinajstić information content (AvgIpc) is 3.25.